The van der Waals surface area contributed by atoms with Crippen molar-refractivity contribution in [2.75, 3.05) is 0 Å². The third-order valence-electron chi connectivity index (χ3n) is 4.23. The van der Waals surface area contributed by atoms with Crippen molar-refractivity contribution in [1.82, 2.24) is 9.55 Å². The van der Waals surface area contributed by atoms with E-state index >= 15 is 0 Å². The minimum atomic E-state index is -0.720. The van der Waals surface area contributed by atoms with Crippen LogP contribution >= 0.6 is 0 Å². The minimum Gasteiger partial charge on any atom is -0.452 e. The first-order chi connectivity index (χ1) is 14.1. The lowest BCUT2D eigenvalue weighted by molar-refractivity contribution is 0.0436. The molecule has 29 heavy (non-hydrogen) atoms. The molecule has 0 aliphatic carbocycles. The van der Waals surface area contributed by atoms with Crippen LogP contribution in [0.1, 0.15) is 27.6 Å². The summed E-state index contributed by atoms with van der Waals surface area (Å²) >= 11 is 0. The normalized spacial score (nSPS) is 10.7. The molecule has 0 fully saturated rings. The Balaban J connectivity index is 1.51. The Kier molecular flexibility index (Phi) is 4.71. The van der Waals surface area contributed by atoms with Gasteiger partial charge in [0.05, 0.1) is 6.20 Å². The molecule has 7 nitrogen and oxygen atoms in total. The molecule has 0 N–H and O–H groups in total. The summed E-state index contributed by atoms with van der Waals surface area (Å²) in [5, 5.41) is 9.51. The minimum absolute atomic E-state index is 0.0570. The van der Waals surface area contributed by atoms with Gasteiger partial charge in [-0.3, -0.25) is 4.57 Å². The molecule has 0 saturated carbocycles. The van der Waals surface area contributed by atoms with E-state index in [4.69, 9.17) is 13.6 Å². The number of ether oxygens (including phenoxy) is 1. The number of halogens is 1. The molecule has 8 heteroatoms. The van der Waals surface area contributed by atoms with E-state index in [0.717, 1.165) is 0 Å². The first-order valence-electron chi connectivity index (χ1n) is 8.61. The molecule has 0 saturated heterocycles. The number of hydrogen-bond acceptors (Lipinski definition) is 6. The van der Waals surface area contributed by atoms with E-state index in [2.05, 4.69) is 4.98 Å². The fraction of sp³-hybridized carbons (Fsp3) is 0.0952. The lowest BCUT2D eigenvalue weighted by atomic mass is 10.1. The highest BCUT2D eigenvalue weighted by Crippen LogP contribution is 2.27. The molecule has 0 aliphatic heterocycles. The lowest BCUT2D eigenvalue weighted by Crippen LogP contribution is -2.08. The Labute approximate surface area is 164 Å². The predicted molar refractivity (Wildman–Crippen MR) is 98.5 cm³/mol. The van der Waals surface area contributed by atoms with E-state index in [1.165, 1.54) is 18.3 Å². The largest absolute Gasteiger partial charge is 0.452 e. The topological polar surface area (TPSA) is 94.2 Å². The molecule has 4 rings (SSSR count). The van der Waals surface area contributed by atoms with Crippen LogP contribution in [0.15, 0.2) is 63.8 Å². The fourth-order valence-electron chi connectivity index (χ4n) is 2.86. The summed E-state index contributed by atoms with van der Waals surface area (Å²) in [7, 11) is 0. The van der Waals surface area contributed by atoms with Crippen LogP contribution < -0.4 is 0 Å². The summed E-state index contributed by atoms with van der Waals surface area (Å²) < 4.78 is 31.0. The van der Waals surface area contributed by atoms with E-state index < -0.39 is 5.97 Å². The van der Waals surface area contributed by atoms with E-state index in [1.54, 1.807) is 48.1 Å². The van der Waals surface area contributed by atoms with Crippen LogP contribution in [-0.2, 0) is 11.3 Å². The molecule has 3 heterocycles. The average Bonchev–Trinajstić information content (AvgIpc) is 3.46. The SMILES string of the molecule is Cc1oc(-n2cccc2)c(C#N)c1C(=O)OCc1ncc(-c2ccc(F)cc2)o1. The number of nitriles is 1. The summed E-state index contributed by atoms with van der Waals surface area (Å²) in [4.78, 5) is 16.6. The Hall–Kier alpha value is -4.12. The van der Waals surface area contributed by atoms with Gasteiger partial charge in [0.15, 0.2) is 12.4 Å². The van der Waals surface area contributed by atoms with Gasteiger partial charge in [0.25, 0.3) is 0 Å². The number of aryl methyl sites for hydroxylation is 1. The molecule has 4 aromatic rings. The molecule has 0 aliphatic rings. The van der Waals surface area contributed by atoms with Crippen molar-refractivity contribution in [3.8, 4) is 23.3 Å². The van der Waals surface area contributed by atoms with E-state index in [-0.39, 0.29) is 41.1 Å². The van der Waals surface area contributed by atoms with Crippen LogP contribution in [-0.4, -0.2) is 15.5 Å². The Bertz CT molecular complexity index is 1200. The predicted octanol–water partition coefficient (Wildman–Crippen LogP) is 4.40. The van der Waals surface area contributed by atoms with Crippen molar-refractivity contribution in [2.24, 2.45) is 0 Å². The second kappa shape index (κ2) is 7.48. The number of esters is 1. The zero-order valence-electron chi connectivity index (χ0n) is 15.3. The zero-order valence-corrected chi connectivity index (χ0v) is 15.3. The molecular formula is C21H14FN3O4. The van der Waals surface area contributed by atoms with Crippen LogP contribution in [0, 0.1) is 24.1 Å². The van der Waals surface area contributed by atoms with Crippen molar-refractivity contribution in [3.05, 3.63) is 83.6 Å². The van der Waals surface area contributed by atoms with Gasteiger partial charge in [-0.1, -0.05) is 0 Å². The highest BCUT2D eigenvalue weighted by molar-refractivity contribution is 5.94. The summed E-state index contributed by atoms with van der Waals surface area (Å²) in [6, 6.07) is 11.3. The van der Waals surface area contributed by atoms with Gasteiger partial charge in [-0.15, -0.1) is 0 Å². The van der Waals surface area contributed by atoms with Gasteiger partial charge in [-0.2, -0.15) is 5.26 Å². The van der Waals surface area contributed by atoms with Crippen molar-refractivity contribution in [1.29, 1.82) is 5.26 Å². The van der Waals surface area contributed by atoms with Crippen LogP contribution in [0.3, 0.4) is 0 Å². The van der Waals surface area contributed by atoms with Crippen LogP contribution in [0.4, 0.5) is 4.39 Å². The molecule has 0 bridgehead atoms. The molecule has 0 radical (unpaired) electrons. The first-order valence-corrected chi connectivity index (χ1v) is 8.61. The number of carbonyl (C=O) groups is 1. The van der Waals surface area contributed by atoms with Crippen LogP contribution in [0.5, 0.6) is 0 Å². The molecule has 144 valence electrons. The van der Waals surface area contributed by atoms with Crippen LogP contribution in [0.25, 0.3) is 17.2 Å². The molecule has 1 aromatic carbocycles. The monoisotopic (exact) mass is 391 g/mol. The number of aromatic nitrogens is 2. The second-order valence-corrected chi connectivity index (χ2v) is 6.12. The Morgan fingerprint density at radius 3 is 2.66 bits per heavy atom. The first kappa shape index (κ1) is 18.3. The van der Waals surface area contributed by atoms with Crippen molar-refractivity contribution in [3.63, 3.8) is 0 Å². The highest BCUT2D eigenvalue weighted by Gasteiger charge is 2.26. The number of rotatable bonds is 5. The van der Waals surface area contributed by atoms with Gasteiger partial charge < -0.3 is 13.6 Å². The third kappa shape index (κ3) is 3.53. The molecule has 0 spiro atoms. The van der Waals surface area contributed by atoms with E-state index in [0.29, 0.717) is 11.3 Å². The van der Waals surface area contributed by atoms with E-state index in [9.17, 15) is 14.4 Å². The quantitative estimate of drug-likeness (QED) is 0.468. The van der Waals surface area contributed by atoms with E-state index in [1.807, 2.05) is 6.07 Å². The summed E-state index contributed by atoms with van der Waals surface area (Å²) in [6.45, 7) is 1.36. The molecule has 0 unspecified atom stereocenters. The highest BCUT2D eigenvalue weighted by atomic mass is 19.1. The number of hydrogen-bond donors (Lipinski definition) is 0. The number of nitrogens with zero attached hydrogens (tertiary/aromatic N) is 3. The number of oxazole rings is 1. The molecular weight excluding hydrogens is 377 g/mol. The zero-order chi connectivity index (χ0) is 20.4. The molecule has 0 amide bonds. The molecule has 3 aromatic heterocycles. The second-order valence-electron chi connectivity index (χ2n) is 6.12. The van der Waals surface area contributed by atoms with Crippen molar-refractivity contribution in [2.45, 2.75) is 13.5 Å². The van der Waals surface area contributed by atoms with Crippen LogP contribution in [0.2, 0.25) is 0 Å². The lowest BCUT2D eigenvalue weighted by Gasteiger charge is -2.02. The fourth-order valence-corrected chi connectivity index (χ4v) is 2.86. The van der Waals surface area contributed by atoms with Gasteiger partial charge in [0.1, 0.15) is 28.8 Å². The Morgan fingerprint density at radius 1 is 1.24 bits per heavy atom. The number of furan rings is 1. The average molecular weight is 391 g/mol. The third-order valence-corrected chi connectivity index (χ3v) is 4.23. The standard InChI is InChI=1S/C21H14FN3O4/c1-13-19(16(10-23)20(28-13)25-8-2-3-9-25)21(26)27-12-18-24-11-17(29-18)14-4-6-15(22)7-5-14/h2-9,11H,12H2,1H3. The van der Waals surface area contributed by atoms with Crippen molar-refractivity contribution < 1.29 is 22.8 Å². The summed E-state index contributed by atoms with van der Waals surface area (Å²) in [6.07, 6.45) is 4.88. The van der Waals surface area contributed by atoms with Gasteiger partial charge in [0, 0.05) is 18.0 Å². The Morgan fingerprint density at radius 2 is 1.97 bits per heavy atom. The number of carbonyl (C=O) groups excluding carboxylic acids is 1. The van der Waals surface area contributed by atoms with Gasteiger partial charge in [-0.25, -0.2) is 14.2 Å². The van der Waals surface area contributed by atoms with Gasteiger partial charge >= 0.3 is 5.97 Å². The maximum absolute atomic E-state index is 13.0. The van der Waals surface area contributed by atoms with Gasteiger partial charge in [-0.05, 0) is 43.3 Å². The maximum atomic E-state index is 13.0. The maximum Gasteiger partial charge on any atom is 0.343 e. The van der Waals surface area contributed by atoms with Crippen molar-refractivity contribution >= 4 is 5.97 Å². The van der Waals surface area contributed by atoms with Gasteiger partial charge in [0.2, 0.25) is 11.8 Å². The summed E-state index contributed by atoms with van der Waals surface area (Å²) in [5.74, 6) is 0.0330. The smallest absolute Gasteiger partial charge is 0.343 e. The summed E-state index contributed by atoms with van der Waals surface area (Å²) in [5.41, 5.74) is 0.787. The molecule has 0 atom stereocenters. The number of benzene rings is 1.